The number of fused-ring (bicyclic) bond motifs is 3. The number of hydrogen-bond donors (Lipinski definition) is 1. The first-order chi connectivity index (χ1) is 11.5. The molecule has 1 amide bonds. The average Bonchev–Trinajstić information content (AvgIpc) is 2.52. The van der Waals surface area contributed by atoms with Gasteiger partial charge in [-0.05, 0) is 17.2 Å². The van der Waals surface area contributed by atoms with Crippen LogP contribution in [-0.4, -0.2) is 55.2 Å². The van der Waals surface area contributed by atoms with E-state index in [4.69, 9.17) is 4.74 Å². The van der Waals surface area contributed by atoms with E-state index in [1.807, 2.05) is 12.1 Å². The Morgan fingerprint density at radius 1 is 1.32 bits per heavy atom. The van der Waals surface area contributed by atoms with Crippen molar-refractivity contribution in [1.29, 1.82) is 0 Å². The zero-order valence-electron chi connectivity index (χ0n) is 14.6. The van der Waals surface area contributed by atoms with Gasteiger partial charge in [-0.3, -0.25) is 9.69 Å². The summed E-state index contributed by atoms with van der Waals surface area (Å²) in [5, 5.41) is 0. The van der Waals surface area contributed by atoms with Gasteiger partial charge in [0.25, 0.3) is 0 Å². The number of quaternary nitrogens is 1. The van der Waals surface area contributed by atoms with Gasteiger partial charge in [-0.2, -0.15) is 13.2 Å². The molecule has 2 heterocycles. The maximum absolute atomic E-state index is 12.8. The summed E-state index contributed by atoms with van der Waals surface area (Å²) in [6.07, 6.45) is -4.84. The van der Waals surface area contributed by atoms with Gasteiger partial charge < -0.3 is 15.4 Å². The molecule has 1 unspecified atom stereocenters. The van der Waals surface area contributed by atoms with Crippen LogP contribution < -0.4 is 10.5 Å². The molecule has 25 heavy (non-hydrogen) atoms. The number of alkyl halides is 3. The van der Waals surface area contributed by atoms with Crippen LogP contribution in [0.15, 0.2) is 12.1 Å². The number of rotatable bonds is 1. The van der Waals surface area contributed by atoms with E-state index < -0.39 is 12.1 Å². The first kappa shape index (κ1) is 18.0. The molecule has 1 fully saturated rings. The van der Waals surface area contributed by atoms with Gasteiger partial charge in [0.15, 0.2) is 11.4 Å². The van der Waals surface area contributed by atoms with Crippen molar-refractivity contribution in [1.82, 2.24) is 9.80 Å². The van der Waals surface area contributed by atoms with Gasteiger partial charge in [0, 0.05) is 37.7 Å². The largest absolute Gasteiger partial charge is 0.491 e. The highest BCUT2D eigenvalue weighted by Gasteiger charge is 2.47. The molecule has 0 aromatic heterocycles. The van der Waals surface area contributed by atoms with Crippen molar-refractivity contribution in [3.05, 3.63) is 23.3 Å². The van der Waals surface area contributed by atoms with Crippen molar-refractivity contribution in [3.63, 3.8) is 0 Å². The van der Waals surface area contributed by atoms with Crippen molar-refractivity contribution >= 4 is 11.6 Å². The Hall–Kier alpha value is -1.80. The summed E-state index contributed by atoms with van der Waals surface area (Å²) in [4.78, 5) is 14.7. The molecule has 1 aromatic rings. The number of halogens is 3. The smallest absolute Gasteiger partial charge is 0.471 e. The Morgan fingerprint density at radius 2 is 2.00 bits per heavy atom. The maximum atomic E-state index is 12.8. The summed E-state index contributed by atoms with van der Waals surface area (Å²) in [6, 6.07) is 3.56. The third-order valence-electron chi connectivity index (χ3n) is 5.16. The number of carbonyl (C=O) groups is 1. The molecule has 3 N–H and O–H groups in total. The number of hydrogen-bond acceptors (Lipinski definition) is 3. The van der Waals surface area contributed by atoms with Crippen LogP contribution in [0.5, 0.6) is 5.75 Å². The summed E-state index contributed by atoms with van der Waals surface area (Å²) >= 11 is 0. The lowest BCUT2D eigenvalue weighted by Gasteiger charge is -2.50. The number of ether oxygens (including phenoxy) is 1. The summed E-state index contributed by atoms with van der Waals surface area (Å²) in [7, 11) is 1.57. The van der Waals surface area contributed by atoms with Crippen LogP contribution in [0.25, 0.3) is 0 Å². The van der Waals surface area contributed by atoms with Crippen molar-refractivity contribution < 1.29 is 28.4 Å². The Kier molecular flexibility index (Phi) is 4.23. The second-order valence-corrected chi connectivity index (χ2v) is 7.37. The number of methoxy groups -OCH3 is 1. The average molecular weight is 358 g/mol. The highest BCUT2D eigenvalue weighted by molar-refractivity contribution is 5.82. The molecule has 1 saturated heterocycles. The number of carbonyl (C=O) groups excluding carboxylic acids is 1. The van der Waals surface area contributed by atoms with Crippen molar-refractivity contribution in [3.8, 4) is 5.75 Å². The second-order valence-electron chi connectivity index (χ2n) is 7.37. The zero-order chi connectivity index (χ0) is 18.6. The third-order valence-corrected chi connectivity index (χ3v) is 5.16. The third kappa shape index (κ3) is 3.08. The Morgan fingerprint density at radius 3 is 2.60 bits per heavy atom. The lowest BCUT2D eigenvalue weighted by atomic mass is 9.74. The van der Waals surface area contributed by atoms with Crippen LogP contribution in [0.4, 0.5) is 18.9 Å². The van der Waals surface area contributed by atoms with E-state index in [1.54, 1.807) is 7.11 Å². The fourth-order valence-corrected chi connectivity index (χ4v) is 3.96. The minimum absolute atomic E-state index is 0.0349. The molecule has 1 aromatic carbocycles. The number of piperazine rings is 1. The van der Waals surface area contributed by atoms with Gasteiger partial charge in [-0.25, -0.2) is 0 Å². The van der Waals surface area contributed by atoms with Crippen LogP contribution in [-0.2, 0) is 10.2 Å². The van der Waals surface area contributed by atoms with Gasteiger partial charge in [0.2, 0.25) is 0 Å². The number of amides is 1. The molecule has 0 bridgehead atoms. The molecule has 0 aliphatic carbocycles. The van der Waals surface area contributed by atoms with Gasteiger partial charge in [-0.15, -0.1) is 0 Å². The number of nitrogens with zero attached hydrogens (tertiary/aromatic N) is 2. The topological polar surface area (TPSA) is 60.4 Å². The fraction of sp³-hybridized carbons (Fsp3) is 0.588. The quantitative estimate of drug-likeness (QED) is 0.830. The Balaban J connectivity index is 2.00. The van der Waals surface area contributed by atoms with E-state index in [0.29, 0.717) is 18.0 Å². The van der Waals surface area contributed by atoms with Crippen molar-refractivity contribution in [2.24, 2.45) is 0 Å². The van der Waals surface area contributed by atoms with Gasteiger partial charge in [0.05, 0.1) is 13.2 Å². The van der Waals surface area contributed by atoms with E-state index in [-0.39, 0.29) is 24.5 Å². The highest BCUT2D eigenvalue weighted by atomic mass is 19.4. The van der Waals surface area contributed by atoms with Crippen LogP contribution >= 0.6 is 0 Å². The van der Waals surface area contributed by atoms with Crippen LogP contribution in [0.1, 0.15) is 31.0 Å². The van der Waals surface area contributed by atoms with Gasteiger partial charge in [-0.1, -0.05) is 13.8 Å². The molecule has 5 nitrogen and oxygen atoms in total. The minimum atomic E-state index is -4.84. The van der Waals surface area contributed by atoms with E-state index in [0.717, 1.165) is 22.6 Å². The van der Waals surface area contributed by atoms with Gasteiger partial charge in [0.1, 0.15) is 0 Å². The van der Waals surface area contributed by atoms with E-state index >= 15 is 0 Å². The first-order valence-electron chi connectivity index (χ1n) is 8.19. The zero-order valence-corrected chi connectivity index (χ0v) is 14.6. The summed E-state index contributed by atoms with van der Waals surface area (Å²) in [5.74, 6) is -1.10. The van der Waals surface area contributed by atoms with E-state index in [2.05, 4.69) is 24.5 Å². The molecule has 138 valence electrons. The molecule has 1 atom stereocenters. The predicted molar refractivity (Wildman–Crippen MR) is 85.5 cm³/mol. The summed E-state index contributed by atoms with van der Waals surface area (Å²) in [6.45, 7) is 5.49. The fourth-order valence-electron chi connectivity index (χ4n) is 3.96. The van der Waals surface area contributed by atoms with Crippen molar-refractivity contribution in [2.45, 2.75) is 31.5 Å². The normalized spacial score (nSPS) is 23.0. The van der Waals surface area contributed by atoms with E-state index in [1.165, 1.54) is 0 Å². The number of benzene rings is 1. The molecule has 0 spiro atoms. The molecule has 2 aliphatic heterocycles. The summed E-state index contributed by atoms with van der Waals surface area (Å²) < 4.78 is 43.8. The molecule has 8 heteroatoms. The lowest BCUT2D eigenvalue weighted by Crippen LogP contribution is -2.58. The standard InChI is InChI=1S/C17H22F3N3O2/c1-16(2)9-23-5-4-22(15(24)17(18,19)20)8-13(23)10-6-12(21)14(25-3)7-11(10)16/h6-7,13H,4-5,8-9,21H2,1-3H3/p+1. The van der Waals surface area contributed by atoms with Crippen molar-refractivity contribution in [2.75, 3.05) is 33.3 Å². The Bertz CT molecular complexity index is 703. The Labute approximate surface area is 144 Å². The van der Waals surface area contributed by atoms with Crippen LogP contribution in [0.3, 0.4) is 0 Å². The first-order valence-corrected chi connectivity index (χ1v) is 8.19. The minimum Gasteiger partial charge on any atom is -0.491 e. The van der Waals surface area contributed by atoms with Crippen LogP contribution in [0.2, 0.25) is 0 Å². The molecule has 3 rings (SSSR count). The second kappa shape index (κ2) is 5.88. The van der Waals surface area contributed by atoms with Gasteiger partial charge >= 0.3 is 12.1 Å². The summed E-state index contributed by atoms with van der Waals surface area (Å²) in [5.41, 5.74) is 6.48. The molecular formula is C17H23F3N3O2+. The highest BCUT2D eigenvalue weighted by Crippen LogP contribution is 2.44. The predicted octanol–water partition coefficient (Wildman–Crippen LogP) is 1.61. The molecule has 0 saturated carbocycles. The maximum Gasteiger partial charge on any atom is 0.471 e. The van der Waals surface area contributed by atoms with Crippen LogP contribution in [0, 0.1) is 0 Å². The molecule has 2 aliphatic rings. The van der Waals surface area contributed by atoms with E-state index in [9.17, 15) is 18.0 Å². The monoisotopic (exact) mass is 358 g/mol. The lowest BCUT2D eigenvalue weighted by molar-refractivity contribution is -0.256. The molecule has 0 radical (unpaired) electrons. The SMILES string of the molecule is COc1cc2c(cc1[NH3+])C1CN(C(=O)C(F)(F)F)CCN1CC2(C)C. The molecular weight excluding hydrogens is 335 g/mol.